The van der Waals surface area contributed by atoms with E-state index >= 15 is 0 Å². The quantitative estimate of drug-likeness (QED) is 0.552. The van der Waals surface area contributed by atoms with Gasteiger partial charge in [-0.15, -0.1) is 11.6 Å². The molecule has 90 valence electrons. The zero-order valence-corrected chi connectivity index (χ0v) is 13.8. The van der Waals surface area contributed by atoms with Crippen LogP contribution < -0.4 is 0 Å². The van der Waals surface area contributed by atoms with E-state index in [0.29, 0.717) is 5.92 Å². The zero-order valence-electron chi connectivity index (χ0n) is 9.86. The Bertz CT molecular complexity index is 363. The molecule has 0 nitrogen and oxygen atoms in total. The fraction of sp³-hybridized carbons (Fsp3) is 0.538. The van der Waals surface area contributed by atoms with Crippen molar-refractivity contribution < 1.29 is 0 Å². The van der Waals surface area contributed by atoms with Gasteiger partial charge in [-0.25, -0.2) is 0 Å². The SMILES string of the molecule is CCCC(C)C(Cl)c1cc(Br)c(C)cc1Br. The minimum Gasteiger partial charge on any atom is -0.117 e. The van der Waals surface area contributed by atoms with Crippen molar-refractivity contribution in [2.75, 3.05) is 0 Å². The molecule has 0 fully saturated rings. The Balaban J connectivity index is 2.99. The Labute approximate surface area is 120 Å². The van der Waals surface area contributed by atoms with Gasteiger partial charge in [0, 0.05) is 8.95 Å². The van der Waals surface area contributed by atoms with Crippen molar-refractivity contribution in [3.05, 3.63) is 32.2 Å². The molecule has 0 radical (unpaired) electrons. The summed E-state index contributed by atoms with van der Waals surface area (Å²) in [5.74, 6) is 0.498. The summed E-state index contributed by atoms with van der Waals surface area (Å²) in [5.41, 5.74) is 2.41. The zero-order chi connectivity index (χ0) is 12.3. The molecule has 0 aliphatic heterocycles. The first-order valence-electron chi connectivity index (χ1n) is 5.57. The van der Waals surface area contributed by atoms with Gasteiger partial charge in [-0.3, -0.25) is 0 Å². The van der Waals surface area contributed by atoms with Crippen molar-refractivity contribution in [3.8, 4) is 0 Å². The van der Waals surface area contributed by atoms with E-state index in [1.165, 1.54) is 17.5 Å². The summed E-state index contributed by atoms with van der Waals surface area (Å²) >= 11 is 13.7. The van der Waals surface area contributed by atoms with Crippen molar-refractivity contribution in [1.29, 1.82) is 0 Å². The molecule has 0 heterocycles. The fourth-order valence-corrected chi connectivity index (χ4v) is 3.29. The van der Waals surface area contributed by atoms with Crippen LogP contribution in [0.25, 0.3) is 0 Å². The first kappa shape index (κ1) is 14.5. The van der Waals surface area contributed by atoms with Gasteiger partial charge in [0.25, 0.3) is 0 Å². The second-order valence-corrected chi connectivity index (χ2v) is 6.47. The largest absolute Gasteiger partial charge is 0.117 e. The maximum absolute atomic E-state index is 6.51. The van der Waals surface area contributed by atoms with Crippen LogP contribution in [-0.4, -0.2) is 0 Å². The molecule has 0 bridgehead atoms. The van der Waals surface area contributed by atoms with E-state index in [4.69, 9.17) is 11.6 Å². The Morgan fingerprint density at radius 3 is 2.44 bits per heavy atom. The monoisotopic (exact) mass is 366 g/mol. The van der Waals surface area contributed by atoms with Crippen molar-refractivity contribution in [3.63, 3.8) is 0 Å². The van der Waals surface area contributed by atoms with E-state index in [-0.39, 0.29) is 5.38 Å². The van der Waals surface area contributed by atoms with Gasteiger partial charge in [-0.05, 0) is 42.5 Å². The van der Waals surface area contributed by atoms with Gasteiger partial charge in [0.05, 0.1) is 5.38 Å². The third-order valence-electron chi connectivity index (χ3n) is 2.82. The third kappa shape index (κ3) is 3.48. The van der Waals surface area contributed by atoms with Gasteiger partial charge >= 0.3 is 0 Å². The molecule has 0 aliphatic carbocycles. The molecular weight excluding hydrogens is 351 g/mol. The number of alkyl halides is 1. The lowest BCUT2D eigenvalue weighted by molar-refractivity contribution is 0.506. The van der Waals surface area contributed by atoms with E-state index in [2.05, 4.69) is 64.8 Å². The van der Waals surface area contributed by atoms with Crippen LogP contribution in [0.4, 0.5) is 0 Å². The number of aryl methyl sites for hydroxylation is 1. The molecule has 0 aromatic heterocycles. The van der Waals surface area contributed by atoms with Gasteiger partial charge < -0.3 is 0 Å². The Hall–Kier alpha value is 0.470. The molecule has 0 saturated heterocycles. The Kier molecular flexibility index (Phi) is 5.83. The molecule has 2 atom stereocenters. The van der Waals surface area contributed by atoms with Crippen molar-refractivity contribution in [1.82, 2.24) is 0 Å². The molecule has 0 spiro atoms. The number of halogens is 3. The summed E-state index contributed by atoms with van der Waals surface area (Å²) in [5, 5.41) is 0.0752. The molecular formula is C13H17Br2Cl. The molecule has 1 rings (SSSR count). The molecule has 0 aliphatic rings. The average Bonchev–Trinajstić information content (AvgIpc) is 2.23. The standard InChI is InChI=1S/C13H17Br2Cl/c1-4-5-8(2)13(16)10-7-11(14)9(3)6-12(10)15/h6-8,13H,4-5H2,1-3H3. The van der Waals surface area contributed by atoms with Crippen LogP contribution in [0.2, 0.25) is 0 Å². The van der Waals surface area contributed by atoms with Gasteiger partial charge in [0.1, 0.15) is 0 Å². The molecule has 2 unspecified atom stereocenters. The first-order chi connectivity index (χ1) is 7.47. The lowest BCUT2D eigenvalue weighted by Gasteiger charge is -2.19. The van der Waals surface area contributed by atoms with E-state index in [1.54, 1.807) is 0 Å². The lowest BCUT2D eigenvalue weighted by Crippen LogP contribution is -2.04. The summed E-state index contributed by atoms with van der Waals surface area (Å²) in [7, 11) is 0. The second-order valence-electron chi connectivity index (χ2n) is 4.29. The van der Waals surface area contributed by atoms with Crippen molar-refractivity contribution in [2.45, 2.75) is 39.0 Å². The van der Waals surface area contributed by atoms with E-state index in [9.17, 15) is 0 Å². The van der Waals surface area contributed by atoms with Gasteiger partial charge in [0.2, 0.25) is 0 Å². The van der Waals surface area contributed by atoms with E-state index < -0.39 is 0 Å². The number of hydrogen-bond donors (Lipinski definition) is 0. The van der Waals surface area contributed by atoms with Crippen LogP contribution in [0.15, 0.2) is 21.1 Å². The van der Waals surface area contributed by atoms with Crippen molar-refractivity contribution in [2.24, 2.45) is 5.92 Å². The van der Waals surface area contributed by atoms with Crippen LogP contribution in [0.1, 0.15) is 43.2 Å². The highest BCUT2D eigenvalue weighted by atomic mass is 79.9. The maximum atomic E-state index is 6.51. The number of benzene rings is 1. The van der Waals surface area contributed by atoms with Crippen LogP contribution in [0.3, 0.4) is 0 Å². The number of hydrogen-bond acceptors (Lipinski definition) is 0. The van der Waals surface area contributed by atoms with Crippen LogP contribution >= 0.6 is 43.5 Å². The Morgan fingerprint density at radius 2 is 1.88 bits per heavy atom. The highest BCUT2D eigenvalue weighted by Crippen LogP contribution is 2.38. The predicted octanol–water partition coefficient (Wildman–Crippen LogP) is 6.24. The maximum Gasteiger partial charge on any atom is 0.0622 e. The van der Waals surface area contributed by atoms with Crippen LogP contribution in [0.5, 0.6) is 0 Å². The van der Waals surface area contributed by atoms with Gasteiger partial charge in [-0.1, -0.05) is 52.1 Å². The highest BCUT2D eigenvalue weighted by molar-refractivity contribution is 9.11. The topological polar surface area (TPSA) is 0 Å². The summed E-state index contributed by atoms with van der Waals surface area (Å²) in [6.07, 6.45) is 2.33. The second kappa shape index (κ2) is 6.42. The molecule has 0 saturated carbocycles. The molecule has 1 aromatic carbocycles. The Morgan fingerprint density at radius 1 is 1.25 bits per heavy atom. The van der Waals surface area contributed by atoms with E-state index in [0.717, 1.165) is 15.4 Å². The van der Waals surface area contributed by atoms with Gasteiger partial charge in [-0.2, -0.15) is 0 Å². The third-order valence-corrected chi connectivity index (χ3v) is 5.03. The minimum absolute atomic E-state index is 0.0752. The van der Waals surface area contributed by atoms with E-state index in [1.807, 2.05) is 0 Å². The number of rotatable bonds is 4. The molecule has 16 heavy (non-hydrogen) atoms. The summed E-state index contributed by atoms with van der Waals surface area (Å²) in [6.45, 7) is 6.49. The smallest absolute Gasteiger partial charge is 0.0622 e. The lowest BCUT2D eigenvalue weighted by atomic mass is 9.96. The fourth-order valence-electron chi connectivity index (χ4n) is 1.78. The molecule has 3 heteroatoms. The molecule has 0 N–H and O–H groups in total. The van der Waals surface area contributed by atoms with Crippen LogP contribution in [-0.2, 0) is 0 Å². The minimum atomic E-state index is 0.0752. The average molecular weight is 369 g/mol. The summed E-state index contributed by atoms with van der Waals surface area (Å²) in [4.78, 5) is 0. The summed E-state index contributed by atoms with van der Waals surface area (Å²) < 4.78 is 2.23. The normalized spacial score (nSPS) is 14.9. The molecule has 1 aromatic rings. The first-order valence-corrected chi connectivity index (χ1v) is 7.59. The molecule has 0 amide bonds. The van der Waals surface area contributed by atoms with Gasteiger partial charge in [0.15, 0.2) is 0 Å². The van der Waals surface area contributed by atoms with Crippen LogP contribution in [0, 0.1) is 12.8 Å². The summed E-state index contributed by atoms with van der Waals surface area (Å²) in [6, 6.07) is 4.25. The predicted molar refractivity (Wildman–Crippen MR) is 79.2 cm³/mol. The highest BCUT2D eigenvalue weighted by Gasteiger charge is 2.19. The van der Waals surface area contributed by atoms with Crippen molar-refractivity contribution >= 4 is 43.5 Å².